The van der Waals surface area contributed by atoms with Gasteiger partial charge < -0.3 is 1.43 Å². The van der Waals surface area contributed by atoms with Crippen molar-refractivity contribution in [2.45, 2.75) is 6.92 Å². The van der Waals surface area contributed by atoms with E-state index in [0.717, 1.165) is 0 Å². The van der Waals surface area contributed by atoms with E-state index >= 15 is 0 Å². The predicted molar refractivity (Wildman–Crippen MR) is 21.4 cm³/mol. The van der Waals surface area contributed by atoms with Gasteiger partial charge >= 0.3 is 18.9 Å². The minimum atomic E-state index is 0. The summed E-state index contributed by atoms with van der Waals surface area (Å²) >= 11 is 0. The first-order chi connectivity index (χ1) is 1.41. The summed E-state index contributed by atoms with van der Waals surface area (Å²) < 4.78 is 0. The average molecular weight is 70.0 g/mol. The zero-order valence-electron chi connectivity index (χ0n) is 4.28. The SMILES string of the molecule is CCP.[H-].[Li+]. The van der Waals surface area contributed by atoms with Gasteiger partial charge in [-0.05, 0) is 6.16 Å². The molecule has 0 N–H and O–H groups in total. The van der Waals surface area contributed by atoms with Crippen LogP contribution in [0.25, 0.3) is 0 Å². The minimum Gasteiger partial charge on any atom is -1.00 e. The van der Waals surface area contributed by atoms with E-state index in [4.69, 9.17) is 0 Å². The molecule has 0 amide bonds. The normalized spacial score (nSPS) is 4.50. The number of hydrogen-bond donors (Lipinski definition) is 0. The van der Waals surface area contributed by atoms with Crippen molar-refractivity contribution in [3.05, 3.63) is 0 Å². The van der Waals surface area contributed by atoms with E-state index in [1.807, 2.05) is 0 Å². The molecular weight excluding hydrogens is 61.9 g/mol. The van der Waals surface area contributed by atoms with Crippen LogP contribution in [0.15, 0.2) is 0 Å². The molecule has 0 bridgehead atoms. The van der Waals surface area contributed by atoms with Crippen LogP contribution in [0.4, 0.5) is 0 Å². The standard InChI is InChI=1S/C2H7P.Li.H/c1-2-3;;/h2-3H2,1H3;;/q;+1;-1. The van der Waals surface area contributed by atoms with Crippen LogP contribution in [0.1, 0.15) is 8.35 Å². The summed E-state index contributed by atoms with van der Waals surface area (Å²) in [5.74, 6) is 0. The Morgan fingerprint density at radius 3 is 2.00 bits per heavy atom. The molecule has 0 aromatic heterocycles. The van der Waals surface area contributed by atoms with E-state index in [1.165, 1.54) is 6.16 Å². The molecule has 1 unspecified atom stereocenters. The van der Waals surface area contributed by atoms with Crippen LogP contribution in [-0.2, 0) is 0 Å². The van der Waals surface area contributed by atoms with Gasteiger partial charge in [-0.15, -0.1) is 9.24 Å². The first-order valence-corrected chi connectivity index (χ1v) is 1.93. The van der Waals surface area contributed by atoms with Crippen molar-refractivity contribution in [2.75, 3.05) is 6.16 Å². The summed E-state index contributed by atoms with van der Waals surface area (Å²) in [5.41, 5.74) is 0. The fourth-order valence-corrected chi connectivity index (χ4v) is 0. The molecule has 0 heterocycles. The van der Waals surface area contributed by atoms with Gasteiger partial charge in [0.05, 0.1) is 0 Å². The topological polar surface area (TPSA) is 0 Å². The molecule has 0 radical (unpaired) electrons. The molecule has 22 valence electrons. The number of rotatable bonds is 0. The van der Waals surface area contributed by atoms with Gasteiger partial charge in [0.25, 0.3) is 0 Å². The molecule has 2 heteroatoms. The van der Waals surface area contributed by atoms with Gasteiger partial charge in [0, 0.05) is 0 Å². The van der Waals surface area contributed by atoms with Crippen LogP contribution in [-0.4, -0.2) is 6.16 Å². The molecule has 0 aliphatic carbocycles. The van der Waals surface area contributed by atoms with Gasteiger partial charge in [0.2, 0.25) is 0 Å². The van der Waals surface area contributed by atoms with Crippen LogP contribution in [0, 0.1) is 0 Å². The van der Waals surface area contributed by atoms with Crippen molar-refractivity contribution >= 4 is 9.24 Å². The Balaban J connectivity index is -0.0000000200. The second-order valence-corrected chi connectivity index (χ2v) is 1.22. The molecule has 0 aliphatic rings. The number of hydrogen-bond acceptors (Lipinski definition) is 0. The molecule has 0 saturated heterocycles. The molecular formula is C2H8LiP. The van der Waals surface area contributed by atoms with Crippen LogP contribution in [0.3, 0.4) is 0 Å². The molecule has 0 aromatic rings. The zero-order chi connectivity index (χ0) is 2.71. The van der Waals surface area contributed by atoms with Crippen molar-refractivity contribution in [3.63, 3.8) is 0 Å². The second-order valence-electron chi connectivity index (χ2n) is 0.408. The van der Waals surface area contributed by atoms with Gasteiger partial charge in [0.1, 0.15) is 0 Å². The average Bonchev–Trinajstić information content (AvgIpc) is 0.918. The van der Waals surface area contributed by atoms with E-state index in [0.29, 0.717) is 0 Å². The Bertz CT molecular complexity index is 9.61. The summed E-state index contributed by atoms with van der Waals surface area (Å²) in [6.45, 7) is 2.09. The molecule has 0 fully saturated rings. The van der Waals surface area contributed by atoms with Crippen LogP contribution >= 0.6 is 9.24 Å². The van der Waals surface area contributed by atoms with Crippen molar-refractivity contribution < 1.29 is 20.3 Å². The van der Waals surface area contributed by atoms with Crippen LogP contribution < -0.4 is 18.9 Å². The first-order valence-electron chi connectivity index (χ1n) is 1.12. The third-order valence-electron chi connectivity index (χ3n) is 0. The van der Waals surface area contributed by atoms with Gasteiger partial charge in [-0.25, -0.2) is 0 Å². The molecule has 0 nitrogen and oxygen atoms in total. The Morgan fingerprint density at radius 1 is 2.00 bits per heavy atom. The fourth-order valence-electron chi connectivity index (χ4n) is 0. The smallest absolute Gasteiger partial charge is 1.00 e. The zero-order valence-corrected chi connectivity index (χ0v) is 4.44. The molecule has 0 rings (SSSR count). The minimum absolute atomic E-state index is 0. The quantitative estimate of drug-likeness (QED) is 0.228. The van der Waals surface area contributed by atoms with E-state index in [-0.39, 0.29) is 20.3 Å². The first kappa shape index (κ1) is 8.90. The van der Waals surface area contributed by atoms with E-state index in [1.54, 1.807) is 0 Å². The third-order valence-corrected chi connectivity index (χ3v) is 0. The maximum absolute atomic E-state index is 2.58. The molecule has 1 atom stereocenters. The molecule has 0 aliphatic heterocycles. The summed E-state index contributed by atoms with van der Waals surface area (Å²) in [4.78, 5) is 0. The summed E-state index contributed by atoms with van der Waals surface area (Å²) in [6.07, 6.45) is 1.17. The summed E-state index contributed by atoms with van der Waals surface area (Å²) in [5, 5.41) is 0. The molecule has 0 saturated carbocycles. The van der Waals surface area contributed by atoms with Gasteiger partial charge in [-0.2, -0.15) is 0 Å². The fraction of sp³-hybridized carbons (Fsp3) is 1.00. The summed E-state index contributed by atoms with van der Waals surface area (Å²) in [6, 6.07) is 0. The Hall–Kier alpha value is 1.03. The van der Waals surface area contributed by atoms with E-state index in [9.17, 15) is 0 Å². The maximum Gasteiger partial charge on any atom is 1.00 e. The largest absolute Gasteiger partial charge is 1.00 e. The second kappa shape index (κ2) is 8.98. The molecule has 4 heavy (non-hydrogen) atoms. The van der Waals surface area contributed by atoms with Crippen LogP contribution in [0.5, 0.6) is 0 Å². The Labute approximate surface area is 43.2 Å². The van der Waals surface area contributed by atoms with E-state index in [2.05, 4.69) is 16.2 Å². The van der Waals surface area contributed by atoms with Gasteiger partial charge in [0.15, 0.2) is 0 Å². The van der Waals surface area contributed by atoms with Gasteiger partial charge in [-0.3, -0.25) is 0 Å². The van der Waals surface area contributed by atoms with Crippen molar-refractivity contribution in [2.24, 2.45) is 0 Å². The third kappa shape index (κ3) is 11.8. The molecule has 0 spiro atoms. The van der Waals surface area contributed by atoms with Crippen molar-refractivity contribution in [3.8, 4) is 0 Å². The van der Waals surface area contributed by atoms with E-state index < -0.39 is 0 Å². The molecule has 0 aromatic carbocycles. The monoisotopic (exact) mass is 70.1 g/mol. The van der Waals surface area contributed by atoms with Crippen molar-refractivity contribution in [1.29, 1.82) is 0 Å². The van der Waals surface area contributed by atoms with Gasteiger partial charge in [-0.1, -0.05) is 6.92 Å². The Morgan fingerprint density at radius 2 is 2.00 bits per heavy atom. The predicted octanol–water partition coefficient (Wildman–Crippen LogP) is -2.00. The maximum atomic E-state index is 2.58. The van der Waals surface area contributed by atoms with Crippen molar-refractivity contribution in [1.82, 2.24) is 0 Å². The van der Waals surface area contributed by atoms with Crippen LogP contribution in [0.2, 0.25) is 0 Å². The Kier molecular flexibility index (Phi) is 20.0. The summed E-state index contributed by atoms with van der Waals surface area (Å²) in [7, 11) is 2.58.